The number of halogens is 1. The summed E-state index contributed by atoms with van der Waals surface area (Å²) in [4.78, 5) is 18.2. The third kappa shape index (κ3) is 4.07. The van der Waals surface area contributed by atoms with Gasteiger partial charge in [0.25, 0.3) is 0 Å². The van der Waals surface area contributed by atoms with Crippen LogP contribution in [0.25, 0.3) is 0 Å². The van der Waals surface area contributed by atoms with Gasteiger partial charge in [0.1, 0.15) is 0 Å². The monoisotopic (exact) mass is 370 g/mol. The molecule has 0 aliphatic carbocycles. The number of nitrogens with zero attached hydrogens (tertiary/aromatic N) is 1. The van der Waals surface area contributed by atoms with E-state index in [1.165, 1.54) is 22.5 Å². The maximum atomic E-state index is 11.9. The number of amides is 1. The van der Waals surface area contributed by atoms with Crippen LogP contribution in [0.2, 0.25) is 0 Å². The molecule has 0 saturated heterocycles. The normalized spacial score (nSPS) is 10.6. The predicted molar refractivity (Wildman–Crippen MR) is 89.8 cm³/mol. The first-order valence-corrected chi connectivity index (χ1v) is 8.67. The Labute approximate surface area is 135 Å². The average molecular weight is 371 g/mol. The number of hydrogen-bond donors (Lipinski definition) is 1. The van der Waals surface area contributed by atoms with Crippen LogP contribution in [0.1, 0.15) is 16.0 Å². The van der Waals surface area contributed by atoms with Crippen molar-refractivity contribution in [1.29, 1.82) is 0 Å². The Hall–Kier alpha value is -0.850. The first-order chi connectivity index (χ1) is 9.45. The second kappa shape index (κ2) is 6.74. The number of hydrogen-bond acceptors (Lipinski definition) is 4. The molecule has 1 amide bonds. The molecule has 2 aromatic rings. The van der Waals surface area contributed by atoms with Crippen LogP contribution < -0.4 is 5.32 Å². The van der Waals surface area contributed by atoms with E-state index in [4.69, 9.17) is 0 Å². The van der Waals surface area contributed by atoms with Crippen LogP contribution >= 0.6 is 39.0 Å². The van der Waals surface area contributed by atoms with Crippen LogP contribution in [0.5, 0.6) is 0 Å². The van der Waals surface area contributed by atoms with E-state index in [1.807, 2.05) is 13.8 Å². The highest BCUT2D eigenvalue weighted by Crippen LogP contribution is 2.28. The van der Waals surface area contributed by atoms with Crippen molar-refractivity contribution < 1.29 is 4.79 Å². The molecule has 0 aliphatic heterocycles. The van der Waals surface area contributed by atoms with Gasteiger partial charge < -0.3 is 5.32 Å². The zero-order chi connectivity index (χ0) is 14.7. The average Bonchev–Trinajstić information content (AvgIpc) is 2.77. The Balaban J connectivity index is 1.95. The van der Waals surface area contributed by atoms with Gasteiger partial charge in [0.2, 0.25) is 5.91 Å². The summed E-state index contributed by atoms with van der Waals surface area (Å²) in [6, 6.07) is 4.19. The Bertz CT molecular complexity index is 640. The van der Waals surface area contributed by atoms with Gasteiger partial charge in [0.15, 0.2) is 5.13 Å². The number of aryl methyl sites for hydroxylation is 3. The Morgan fingerprint density at radius 1 is 1.35 bits per heavy atom. The van der Waals surface area contributed by atoms with E-state index < -0.39 is 0 Å². The number of thioether (sulfide) groups is 1. The minimum absolute atomic E-state index is 0.0238. The SMILES string of the molecule is Cc1cnc(NC(=O)CSc2cc(C)c(Br)cc2C)s1. The van der Waals surface area contributed by atoms with Crippen LogP contribution in [-0.4, -0.2) is 16.6 Å². The Morgan fingerprint density at radius 3 is 2.75 bits per heavy atom. The van der Waals surface area contributed by atoms with Crippen molar-refractivity contribution in [2.24, 2.45) is 0 Å². The van der Waals surface area contributed by atoms with Crippen LogP contribution in [0.4, 0.5) is 5.13 Å². The highest BCUT2D eigenvalue weighted by atomic mass is 79.9. The molecule has 0 aliphatic rings. The van der Waals surface area contributed by atoms with Crippen molar-refractivity contribution in [1.82, 2.24) is 4.98 Å². The third-order valence-electron chi connectivity index (χ3n) is 2.68. The fourth-order valence-corrected chi connectivity index (χ4v) is 3.67. The van der Waals surface area contributed by atoms with E-state index in [9.17, 15) is 4.79 Å². The molecular weight excluding hydrogens is 356 g/mol. The summed E-state index contributed by atoms with van der Waals surface area (Å²) in [6.07, 6.45) is 1.76. The molecule has 0 unspecified atom stereocenters. The van der Waals surface area contributed by atoms with Gasteiger partial charge in [-0.05, 0) is 44.0 Å². The molecule has 0 spiro atoms. The molecule has 3 nitrogen and oxygen atoms in total. The summed E-state index contributed by atoms with van der Waals surface area (Å²) in [5, 5.41) is 3.48. The minimum atomic E-state index is -0.0238. The maximum Gasteiger partial charge on any atom is 0.236 e. The number of aromatic nitrogens is 1. The largest absolute Gasteiger partial charge is 0.301 e. The lowest BCUT2D eigenvalue weighted by Crippen LogP contribution is -2.13. The van der Waals surface area contributed by atoms with E-state index >= 15 is 0 Å². The highest BCUT2D eigenvalue weighted by molar-refractivity contribution is 9.10. The lowest BCUT2D eigenvalue weighted by molar-refractivity contribution is -0.113. The molecule has 0 fully saturated rings. The van der Waals surface area contributed by atoms with Crippen LogP contribution in [0, 0.1) is 20.8 Å². The smallest absolute Gasteiger partial charge is 0.236 e. The van der Waals surface area contributed by atoms with Gasteiger partial charge in [0.05, 0.1) is 5.75 Å². The van der Waals surface area contributed by atoms with Gasteiger partial charge in [-0.15, -0.1) is 23.1 Å². The number of carbonyl (C=O) groups is 1. The van der Waals surface area contributed by atoms with Gasteiger partial charge in [-0.2, -0.15) is 0 Å². The topological polar surface area (TPSA) is 42.0 Å². The van der Waals surface area contributed by atoms with Crippen LogP contribution in [0.15, 0.2) is 27.7 Å². The maximum absolute atomic E-state index is 11.9. The zero-order valence-electron chi connectivity index (χ0n) is 11.5. The molecule has 0 radical (unpaired) electrons. The van der Waals surface area contributed by atoms with Gasteiger partial charge >= 0.3 is 0 Å². The number of anilines is 1. The summed E-state index contributed by atoms with van der Waals surface area (Å²) in [6.45, 7) is 6.07. The van der Waals surface area contributed by atoms with Crippen molar-refractivity contribution in [2.45, 2.75) is 25.7 Å². The fourth-order valence-electron chi connectivity index (χ4n) is 1.62. The van der Waals surface area contributed by atoms with Crippen molar-refractivity contribution in [2.75, 3.05) is 11.1 Å². The lowest BCUT2D eigenvalue weighted by Gasteiger charge is -2.08. The summed E-state index contributed by atoms with van der Waals surface area (Å²) in [7, 11) is 0. The van der Waals surface area contributed by atoms with Gasteiger partial charge in [-0.25, -0.2) is 4.98 Å². The number of rotatable bonds is 4. The van der Waals surface area contributed by atoms with Gasteiger partial charge in [-0.3, -0.25) is 4.79 Å². The molecule has 1 N–H and O–H groups in total. The first kappa shape index (κ1) is 15.5. The summed E-state index contributed by atoms with van der Waals surface area (Å²) in [5.41, 5.74) is 2.35. The van der Waals surface area contributed by atoms with E-state index in [2.05, 4.69) is 45.3 Å². The third-order valence-corrected chi connectivity index (χ3v) is 5.52. The number of carbonyl (C=O) groups excluding carboxylic acids is 1. The van der Waals surface area contributed by atoms with E-state index in [-0.39, 0.29) is 5.91 Å². The second-order valence-corrected chi connectivity index (χ2v) is 7.59. The highest BCUT2D eigenvalue weighted by Gasteiger charge is 2.09. The van der Waals surface area contributed by atoms with Gasteiger partial charge in [-0.1, -0.05) is 15.9 Å². The van der Waals surface area contributed by atoms with E-state index in [0.717, 1.165) is 14.2 Å². The van der Waals surface area contributed by atoms with Crippen molar-refractivity contribution >= 4 is 50.1 Å². The van der Waals surface area contributed by atoms with E-state index in [1.54, 1.807) is 18.0 Å². The van der Waals surface area contributed by atoms with Crippen molar-refractivity contribution in [3.05, 3.63) is 38.8 Å². The molecule has 6 heteroatoms. The number of thiazole rings is 1. The quantitative estimate of drug-likeness (QED) is 0.801. The fraction of sp³-hybridized carbons (Fsp3) is 0.286. The van der Waals surface area contributed by atoms with Crippen molar-refractivity contribution in [3.8, 4) is 0 Å². The lowest BCUT2D eigenvalue weighted by atomic mass is 10.2. The molecule has 1 heterocycles. The van der Waals surface area contributed by atoms with Gasteiger partial charge in [0, 0.05) is 20.4 Å². The summed E-state index contributed by atoms with van der Waals surface area (Å²) >= 11 is 6.55. The number of benzene rings is 1. The molecule has 2 rings (SSSR count). The standard InChI is InChI=1S/C14H15BrN2OS2/c1-8-5-12(9(2)4-11(8)15)19-7-13(18)17-14-16-6-10(3)20-14/h4-6H,7H2,1-3H3,(H,16,17,18). The van der Waals surface area contributed by atoms with Crippen LogP contribution in [0.3, 0.4) is 0 Å². The molecule has 0 atom stereocenters. The molecule has 106 valence electrons. The Morgan fingerprint density at radius 2 is 2.10 bits per heavy atom. The second-order valence-electron chi connectivity index (χ2n) is 4.48. The molecule has 0 saturated carbocycles. The molecule has 1 aromatic carbocycles. The molecule has 1 aromatic heterocycles. The first-order valence-electron chi connectivity index (χ1n) is 6.07. The minimum Gasteiger partial charge on any atom is -0.301 e. The Kier molecular flexibility index (Phi) is 5.23. The van der Waals surface area contributed by atoms with E-state index in [0.29, 0.717) is 10.9 Å². The zero-order valence-corrected chi connectivity index (χ0v) is 14.7. The summed E-state index contributed by atoms with van der Waals surface area (Å²) in [5.74, 6) is 0.366. The molecule has 20 heavy (non-hydrogen) atoms. The summed E-state index contributed by atoms with van der Waals surface area (Å²) < 4.78 is 1.10. The number of nitrogens with one attached hydrogen (secondary N) is 1. The molecular formula is C14H15BrN2OS2. The van der Waals surface area contributed by atoms with Crippen molar-refractivity contribution in [3.63, 3.8) is 0 Å². The van der Waals surface area contributed by atoms with Crippen LogP contribution in [-0.2, 0) is 4.79 Å². The predicted octanol–water partition coefficient (Wildman–Crippen LogP) is 4.56. The molecule has 0 bridgehead atoms.